The van der Waals surface area contributed by atoms with E-state index in [0.29, 0.717) is 23.0 Å². The molecule has 1 aliphatic heterocycles. The van der Waals surface area contributed by atoms with Gasteiger partial charge in [0.1, 0.15) is 0 Å². The minimum atomic E-state index is 0.0631. The average Bonchev–Trinajstić information content (AvgIpc) is 3.26. The number of carbonyl (C=O) groups excluding carboxylic acids is 1. The maximum absolute atomic E-state index is 13.6. The normalized spacial score (nSPS) is 14.2. The number of fused-ring (bicyclic) bond motifs is 1. The highest BCUT2D eigenvalue weighted by molar-refractivity contribution is 7.19. The molecule has 2 aromatic heterocycles. The Labute approximate surface area is 197 Å². The van der Waals surface area contributed by atoms with Gasteiger partial charge in [-0.15, -0.1) is 11.3 Å². The molecule has 1 saturated heterocycles. The van der Waals surface area contributed by atoms with Crippen molar-refractivity contribution in [3.8, 4) is 10.6 Å². The molecule has 0 N–H and O–H groups in total. The van der Waals surface area contributed by atoms with E-state index in [4.69, 9.17) is 16.6 Å². The van der Waals surface area contributed by atoms with Gasteiger partial charge in [0, 0.05) is 37.3 Å². The Morgan fingerprint density at radius 1 is 0.969 bits per heavy atom. The van der Waals surface area contributed by atoms with E-state index >= 15 is 0 Å². The molecule has 0 spiro atoms. The predicted octanol–water partition coefficient (Wildman–Crippen LogP) is 6.20. The zero-order chi connectivity index (χ0) is 22.2. The molecule has 0 radical (unpaired) electrons. The van der Waals surface area contributed by atoms with Gasteiger partial charge in [-0.05, 0) is 55.3 Å². The van der Waals surface area contributed by atoms with Gasteiger partial charge >= 0.3 is 0 Å². The van der Waals surface area contributed by atoms with Gasteiger partial charge < -0.3 is 9.80 Å². The molecule has 0 saturated carbocycles. The van der Waals surface area contributed by atoms with Crippen molar-refractivity contribution in [1.29, 1.82) is 0 Å². The summed E-state index contributed by atoms with van der Waals surface area (Å²) < 4.78 is 0.713. The molecule has 2 aromatic carbocycles. The molecule has 0 bridgehead atoms. The summed E-state index contributed by atoms with van der Waals surface area (Å²) >= 11 is 7.63. The summed E-state index contributed by atoms with van der Waals surface area (Å²) in [6.07, 6.45) is 0. The molecule has 5 rings (SSSR count). The molecular formula is C26H24ClN3OS. The van der Waals surface area contributed by atoms with Crippen molar-refractivity contribution in [3.63, 3.8) is 0 Å². The molecule has 1 fully saturated rings. The number of anilines is 1. The number of thiophene rings is 1. The number of para-hydroxylation sites is 1. The van der Waals surface area contributed by atoms with E-state index in [2.05, 4.69) is 36.9 Å². The third-order valence-electron chi connectivity index (χ3n) is 6.26. The molecule has 4 aromatic rings. The van der Waals surface area contributed by atoms with Crippen LogP contribution in [0.4, 0.5) is 5.69 Å². The number of amides is 1. The van der Waals surface area contributed by atoms with E-state index in [1.54, 1.807) is 0 Å². The summed E-state index contributed by atoms with van der Waals surface area (Å²) in [5.74, 6) is 0.0631. The van der Waals surface area contributed by atoms with Crippen LogP contribution in [0, 0.1) is 13.8 Å². The van der Waals surface area contributed by atoms with E-state index in [1.165, 1.54) is 28.2 Å². The van der Waals surface area contributed by atoms with Gasteiger partial charge in [0.2, 0.25) is 0 Å². The third kappa shape index (κ3) is 3.87. The number of benzene rings is 2. The Hall–Kier alpha value is -2.89. The maximum Gasteiger partial charge on any atom is 0.254 e. The molecule has 1 aliphatic rings. The van der Waals surface area contributed by atoms with Gasteiger partial charge in [-0.3, -0.25) is 4.79 Å². The van der Waals surface area contributed by atoms with Crippen LogP contribution in [0.5, 0.6) is 0 Å². The summed E-state index contributed by atoms with van der Waals surface area (Å²) in [4.78, 5) is 23.7. The highest BCUT2D eigenvalue weighted by Crippen LogP contribution is 2.33. The van der Waals surface area contributed by atoms with Crippen molar-refractivity contribution in [1.82, 2.24) is 9.88 Å². The zero-order valence-corrected chi connectivity index (χ0v) is 19.7. The minimum absolute atomic E-state index is 0.0631. The predicted molar refractivity (Wildman–Crippen MR) is 134 cm³/mol. The number of hydrogen-bond acceptors (Lipinski definition) is 4. The van der Waals surface area contributed by atoms with Gasteiger partial charge in [-0.25, -0.2) is 4.98 Å². The zero-order valence-electron chi connectivity index (χ0n) is 18.1. The lowest BCUT2D eigenvalue weighted by Gasteiger charge is -2.37. The average molecular weight is 462 g/mol. The Kier molecular flexibility index (Phi) is 5.62. The Bertz CT molecular complexity index is 1310. The molecule has 3 heterocycles. The summed E-state index contributed by atoms with van der Waals surface area (Å²) in [6, 6.07) is 20.0. The smallest absolute Gasteiger partial charge is 0.254 e. The molecule has 0 unspecified atom stereocenters. The van der Waals surface area contributed by atoms with Gasteiger partial charge in [-0.1, -0.05) is 41.9 Å². The summed E-state index contributed by atoms with van der Waals surface area (Å²) in [5.41, 5.74) is 6.20. The van der Waals surface area contributed by atoms with Crippen LogP contribution >= 0.6 is 22.9 Å². The fourth-order valence-corrected chi connectivity index (χ4v) is 5.33. The largest absolute Gasteiger partial charge is 0.368 e. The Balaban J connectivity index is 1.43. The van der Waals surface area contributed by atoms with Crippen LogP contribution in [-0.2, 0) is 0 Å². The maximum atomic E-state index is 13.6. The van der Waals surface area contributed by atoms with E-state index < -0.39 is 0 Å². The molecule has 162 valence electrons. The topological polar surface area (TPSA) is 36.4 Å². The second-order valence-corrected chi connectivity index (χ2v) is 9.89. The van der Waals surface area contributed by atoms with E-state index in [9.17, 15) is 4.79 Å². The van der Waals surface area contributed by atoms with Crippen molar-refractivity contribution >= 4 is 45.4 Å². The molecule has 0 atom stereocenters. The van der Waals surface area contributed by atoms with E-state index in [1.807, 2.05) is 47.4 Å². The lowest BCUT2D eigenvalue weighted by Crippen LogP contribution is -2.49. The fraction of sp³-hybridized carbons (Fsp3) is 0.231. The number of nitrogens with zero attached hydrogens (tertiary/aromatic N) is 3. The third-order valence-corrected chi connectivity index (χ3v) is 7.51. The standard InChI is InChI=1S/C26H24ClN3OS/c1-17-6-5-9-23(18(17)2)29-12-14-30(15-13-29)26(31)20-16-22(24-10-11-25(27)32-24)28-21-8-4-3-7-19(20)21/h3-11,16H,12-15H2,1-2H3. The van der Waals surface area contributed by atoms with Crippen LogP contribution in [0.3, 0.4) is 0 Å². The first-order valence-electron chi connectivity index (χ1n) is 10.8. The van der Waals surface area contributed by atoms with Crippen molar-refractivity contribution in [2.24, 2.45) is 0 Å². The van der Waals surface area contributed by atoms with Crippen molar-refractivity contribution in [3.05, 3.63) is 81.7 Å². The highest BCUT2D eigenvalue weighted by Gasteiger charge is 2.25. The van der Waals surface area contributed by atoms with Crippen LogP contribution in [0.1, 0.15) is 21.5 Å². The highest BCUT2D eigenvalue weighted by atomic mass is 35.5. The van der Waals surface area contributed by atoms with E-state index in [0.717, 1.165) is 34.6 Å². The number of piperazine rings is 1. The molecule has 6 heteroatoms. The number of aromatic nitrogens is 1. The van der Waals surface area contributed by atoms with Crippen molar-refractivity contribution < 1.29 is 4.79 Å². The second-order valence-electron chi connectivity index (χ2n) is 8.17. The van der Waals surface area contributed by atoms with Crippen molar-refractivity contribution in [2.45, 2.75) is 13.8 Å². The lowest BCUT2D eigenvalue weighted by molar-refractivity contribution is 0.0748. The molecule has 32 heavy (non-hydrogen) atoms. The summed E-state index contributed by atoms with van der Waals surface area (Å²) in [6.45, 7) is 7.36. The fourth-order valence-electron chi connectivity index (χ4n) is 4.33. The number of hydrogen-bond donors (Lipinski definition) is 0. The summed E-state index contributed by atoms with van der Waals surface area (Å²) in [5, 5.41) is 0.890. The van der Waals surface area contributed by atoms with Crippen LogP contribution in [0.25, 0.3) is 21.5 Å². The number of pyridine rings is 1. The van der Waals surface area contributed by atoms with Crippen LogP contribution in [0.15, 0.2) is 60.7 Å². The first-order valence-corrected chi connectivity index (χ1v) is 12.0. The van der Waals surface area contributed by atoms with Crippen LogP contribution in [-0.4, -0.2) is 42.0 Å². The van der Waals surface area contributed by atoms with Crippen LogP contribution in [0.2, 0.25) is 4.34 Å². The SMILES string of the molecule is Cc1cccc(N2CCN(C(=O)c3cc(-c4ccc(Cl)s4)nc4ccccc34)CC2)c1C. The van der Waals surface area contributed by atoms with E-state index in [-0.39, 0.29) is 5.91 Å². The molecular weight excluding hydrogens is 438 g/mol. The Morgan fingerprint density at radius 2 is 1.75 bits per heavy atom. The molecule has 1 amide bonds. The first-order chi connectivity index (χ1) is 15.5. The number of carbonyl (C=O) groups is 1. The molecule has 4 nitrogen and oxygen atoms in total. The molecule has 0 aliphatic carbocycles. The first kappa shape index (κ1) is 21.0. The number of aryl methyl sites for hydroxylation is 1. The van der Waals surface area contributed by atoms with Gasteiger partial charge in [0.25, 0.3) is 5.91 Å². The van der Waals surface area contributed by atoms with Gasteiger partial charge in [-0.2, -0.15) is 0 Å². The second kappa shape index (κ2) is 8.57. The Morgan fingerprint density at radius 3 is 2.50 bits per heavy atom. The van der Waals surface area contributed by atoms with Gasteiger partial charge in [0.05, 0.1) is 26.0 Å². The monoisotopic (exact) mass is 461 g/mol. The minimum Gasteiger partial charge on any atom is -0.368 e. The quantitative estimate of drug-likeness (QED) is 0.364. The van der Waals surface area contributed by atoms with Crippen molar-refractivity contribution in [2.75, 3.05) is 31.1 Å². The number of rotatable bonds is 3. The van der Waals surface area contributed by atoms with Gasteiger partial charge in [0.15, 0.2) is 0 Å². The van der Waals surface area contributed by atoms with Crippen LogP contribution < -0.4 is 4.90 Å². The lowest BCUT2D eigenvalue weighted by atomic mass is 10.0. The number of halogens is 1. The summed E-state index contributed by atoms with van der Waals surface area (Å²) in [7, 11) is 0.